The molecule has 0 spiro atoms. The summed E-state index contributed by atoms with van der Waals surface area (Å²) in [5, 5.41) is 13.3. The lowest BCUT2D eigenvalue weighted by molar-refractivity contribution is -0.159. The van der Waals surface area contributed by atoms with Crippen LogP contribution in [0.3, 0.4) is 0 Å². The van der Waals surface area contributed by atoms with Crippen molar-refractivity contribution in [2.45, 2.75) is 44.8 Å². The van der Waals surface area contributed by atoms with Crippen molar-refractivity contribution in [3.8, 4) is 0 Å². The zero-order valence-electron chi connectivity index (χ0n) is 10.2. The zero-order valence-corrected chi connectivity index (χ0v) is 10.2. The molecule has 92 valence electrons. The molecular formula is C12H22N2O2. The Kier molecular flexibility index (Phi) is 3.22. The summed E-state index contributed by atoms with van der Waals surface area (Å²) in [6.07, 6.45) is 2.80. The average Bonchev–Trinajstić information content (AvgIpc) is 2.96. The van der Waals surface area contributed by atoms with E-state index in [4.69, 9.17) is 0 Å². The first-order valence-corrected chi connectivity index (χ1v) is 6.28. The number of hydrogen-bond donors (Lipinski definition) is 2. The minimum Gasteiger partial charge on any atom is -0.386 e. The Bertz CT molecular complexity index is 270. The van der Waals surface area contributed by atoms with E-state index in [0.717, 1.165) is 19.4 Å². The molecule has 1 aliphatic heterocycles. The van der Waals surface area contributed by atoms with Crippen LogP contribution in [0.15, 0.2) is 0 Å². The van der Waals surface area contributed by atoms with Crippen LogP contribution in [0, 0.1) is 5.92 Å². The van der Waals surface area contributed by atoms with Crippen molar-refractivity contribution in [3.05, 3.63) is 0 Å². The third kappa shape index (κ3) is 2.38. The maximum Gasteiger partial charge on any atom is 0.224 e. The van der Waals surface area contributed by atoms with Gasteiger partial charge in [-0.25, -0.2) is 0 Å². The van der Waals surface area contributed by atoms with Crippen LogP contribution in [0.4, 0.5) is 0 Å². The number of aliphatic hydroxyl groups is 1. The Balaban J connectivity index is 1.72. The maximum atomic E-state index is 11.8. The summed E-state index contributed by atoms with van der Waals surface area (Å²) in [6.45, 7) is 6.05. The second-order valence-electron chi connectivity index (χ2n) is 5.29. The van der Waals surface area contributed by atoms with Gasteiger partial charge in [-0.2, -0.15) is 0 Å². The van der Waals surface area contributed by atoms with Crippen LogP contribution >= 0.6 is 0 Å². The van der Waals surface area contributed by atoms with Gasteiger partial charge < -0.3 is 15.3 Å². The van der Waals surface area contributed by atoms with E-state index in [1.165, 1.54) is 0 Å². The first kappa shape index (κ1) is 11.9. The molecule has 1 aliphatic carbocycles. The zero-order chi connectivity index (χ0) is 11.8. The second-order valence-corrected chi connectivity index (χ2v) is 5.29. The lowest BCUT2D eigenvalue weighted by atomic mass is 9.88. The quantitative estimate of drug-likeness (QED) is 0.711. The average molecular weight is 226 g/mol. The topological polar surface area (TPSA) is 52.6 Å². The van der Waals surface area contributed by atoms with Crippen molar-refractivity contribution in [2.75, 3.05) is 19.6 Å². The molecule has 1 amide bonds. The molecule has 0 radical (unpaired) electrons. The van der Waals surface area contributed by atoms with Gasteiger partial charge in [0.2, 0.25) is 5.91 Å². The Morgan fingerprint density at radius 1 is 1.56 bits per heavy atom. The molecule has 0 aromatic carbocycles. The van der Waals surface area contributed by atoms with E-state index in [1.54, 1.807) is 4.90 Å². The molecule has 16 heavy (non-hydrogen) atoms. The standard InChI is InChI=1S/C12H22N2O2/c1-3-13-9(2)6-11(15)14-7-12(16,8-14)10-4-5-10/h9-10,13,16H,3-8H2,1-2H3. The SMILES string of the molecule is CCNC(C)CC(=O)N1CC(O)(C2CC2)C1. The molecule has 2 aliphatic rings. The summed E-state index contributed by atoms with van der Waals surface area (Å²) in [4.78, 5) is 13.6. The van der Waals surface area contributed by atoms with Crippen LogP contribution in [0.25, 0.3) is 0 Å². The summed E-state index contributed by atoms with van der Waals surface area (Å²) in [6, 6.07) is 0.229. The number of carbonyl (C=O) groups is 1. The van der Waals surface area contributed by atoms with Gasteiger partial charge in [0.1, 0.15) is 5.60 Å². The van der Waals surface area contributed by atoms with Gasteiger partial charge in [0.15, 0.2) is 0 Å². The number of amides is 1. The van der Waals surface area contributed by atoms with E-state index >= 15 is 0 Å². The van der Waals surface area contributed by atoms with Gasteiger partial charge >= 0.3 is 0 Å². The number of carbonyl (C=O) groups excluding carboxylic acids is 1. The summed E-state index contributed by atoms with van der Waals surface area (Å²) in [7, 11) is 0. The van der Waals surface area contributed by atoms with Crippen molar-refractivity contribution in [1.29, 1.82) is 0 Å². The summed E-state index contributed by atoms with van der Waals surface area (Å²) >= 11 is 0. The molecule has 2 rings (SSSR count). The minimum atomic E-state index is -0.545. The van der Waals surface area contributed by atoms with E-state index in [0.29, 0.717) is 25.4 Å². The highest BCUT2D eigenvalue weighted by molar-refractivity contribution is 5.78. The van der Waals surface area contributed by atoms with Gasteiger partial charge in [-0.15, -0.1) is 0 Å². The Labute approximate surface area is 97.0 Å². The Morgan fingerprint density at radius 2 is 2.19 bits per heavy atom. The fourth-order valence-electron chi connectivity index (χ4n) is 2.48. The van der Waals surface area contributed by atoms with Crippen LogP contribution in [-0.4, -0.2) is 47.2 Å². The second kappa shape index (κ2) is 4.34. The van der Waals surface area contributed by atoms with Gasteiger partial charge in [-0.05, 0) is 32.2 Å². The number of likely N-dealkylation sites (tertiary alicyclic amines) is 1. The highest BCUT2D eigenvalue weighted by Gasteiger charge is 2.53. The molecular weight excluding hydrogens is 204 g/mol. The normalized spacial score (nSPS) is 25.1. The molecule has 0 aromatic heterocycles. The van der Waals surface area contributed by atoms with Crippen molar-refractivity contribution in [2.24, 2.45) is 5.92 Å². The highest BCUT2D eigenvalue weighted by Crippen LogP contribution is 2.44. The fraction of sp³-hybridized carbons (Fsp3) is 0.917. The van der Waals surface area contributed by atoms with Crippen molar-refractivity contribution in [1.82, 2.24) is 10.2 Å². The van der Waals surface area contributed by atoms with Crippen LogP contribution in [0.2, 0.25) is 0 Å². The molecule has 0 aromatic rings. The largest absolute Gasteiger partial charge is 0.386 e. The van der Waals surface area contributed by atoms with Gasteiger partial charge in [-0.1, -0.05) is 6.92 Å². The third-order valence-electron chi connectivity index (χ3n) is 3.65. The number of nitrogens with zero attached hydrogens (tertiary/aromatic N) is 1. The van der Waals surface area contributed by atoms with Gasteiger partial charge in [0.05, 0.1) is 13.1 Å². The molecule has 2 fully saturated rings. The van der Waals surface area contributed by atoms with Crippen LogP contribution in [0.5, 0.6) is 0 Å². The predicted octanol–water partition coefficient (Wildman–Crippen LogP) is 0.358. The van der Waals surface area contributed by atoms with Crippen molar-refractivity contribution < 1.29 is 9.90 Å². The highest BCUT2D eigenvalue weighted by atomic mass is 16.3. The predicted molar refractivity (Wildman–Crippen MR) is 62.0 cm³/mol. The molecule has 4 heteroatoms. The first-order valence-electron chi connectivity index (χ1n) is 6.28. The lowest BCUT2D eigenvalue weighted by Gasteiger charge is -2.47. The molecule has 0 bridgehead atoms. The Morgan fingerprint density at radius 3 is 2.69 bits per heavy atom. The maximum absolute atomic E-state index is 11.8. The fourth-order valence-corrected chi connectivity index (χ4v) is 2.48. The van der Waals surface area contributed by atoms with E-state index < -0.39 is 5.60 Å². The molecule has 1 heterocycles. The number of hydrogen-bond acceptors (Lipinski definition) is 3. The molecule has 1 saturated heterocycles. The van der Waals surface area contributed by atoms with Crippen LogP contribution < -0.4 is 5.32 Å². The molecule has 4 nitrogen and oxygen atoms in total. The van der Waals surface area contributed by atoms with Gasteiger partial charge in [0, 0.05) is 12.5 Å². The summed E-state index contributed by atoms with van der Waals surface area (Å²) < 4.78 is 0. The lowest BCUT2D eigenvalue weighted by Crippen LogP contribution is -2.65. The Hall–Kier alpha value is -0.610. The van der Waals surface area contributed by atoms with E-state index in [9.17, 15) is 9.90 Å². The van der Waals surface area contributed by atoms with Gasteiger partial charge in [-0.3, -0.25) is 4.79 Å². The van der Waals surface area contributed by atoms with Crippen molar-refractivity contribution >= 4 is 5.91 Å². The summed E-state index contributed by atoms with van der Waals surface area (Å²) in [5.74, 6) is 0.626. The minimum absolute atomic E-state index is 0.166. The third-order valence-corrected chi connectivity index (χ3v) is 3.65. The first-order chi connectivity index (χ1) is 7.55. The molecule has 1 saturated carbocycles. The van der Waals surface area contributed by atoms with E-state index in [-0.39, 0.29) is 11.9 Å². The number of rotatable bonds is 5. The molecule has 2 N–H and O–H groups in total. The van der Waals surface area contributed by atoms with Gasteiger partial charge in [0.25, 0.3) is 0 Å². The van der Waals surface area contributed by atoms with Crippen LogP contribution in [0.1, 0.15) is 33.1 Å². The molecule has 1 unspecified atom stereocenters. The number of β-amino-alcohol motifs (C(OH)–C–C–N with tert-alkyl or cyclic N) is 1. The smallest absolute Gasteiger partial charge is 0.224 e. The van der Waals surface area contributed by atoms with Crippen LogP contribution in [-0.2, 0) is 4.79 Å². The van der Waals surface area contributed by atoms with E-state index in [2.05, 4.69) is 5.32 Å². The van der Waals surface area contributed by atoms with E-state index in [1.807, 2.05) is 13.8 Å². The number of nitrogens with one attached hydrogen (secondary N) is 1. The monoisotopic (exact) mass is 226 g/mol. The van der Waals surface area contributed by atoms with Crippen molar-refractivity contribution in [3.63, 3.8) is 0 Å². The summed E-state index contributed by atoms with van der Waals surface area (Å²) in [5.41, 5.74) is -0.545. The molecule has 1 atom stereocenters.